The van der Waals surface area contributed by atoms with E-state index in [9.17, 15) is 4.39 Å². The molecule has 0 fully saturated rings. The number of rotatable bonds is 3. The number of benzene rings is 2. The van der Waals surface area contributed by atoms with Crippen LogP contribution >= 0.6 is 34.8 Å². The van der Waals surface area contributed by atoms with Crippen molar-refractivity contribution in [2.45, 2.75) is 13.0 Å². The van der Waals surface area contributed by atoms with Crippen molar-refractivity contribution in [2.75, 3.05) is 0 Å². The minimum atomic E-state index is -0.526. The molecule has 2 aromatic carbocycles. The molecule has 0 radical (unpaired) electrons. The zero-order valence-corrected chi connectivity index (χ0v) is 12.7. The Bertz CT molecular complexity index is 647. The van der Waals surface area contributed by atoms with Crippen LogP contribution in [-0.2, 0) is 0 Å². The monoisotopic (exact) mass is 333 g/mol. The van der Waals surface area contributed by atoms with E-state index in [2.05, 4.69) is 0 Å². The van der Waals surface area contributed by atoms with Crippen molar-refractivity contribution in [1.82, 2.24) is 0 Å². The molecule has 0 aromatic heterocycles. The van der Waals surface area contributed by atoms with Crippen LogP contribution in [0.2, 0.25) is 15.1 Å². The fourth-order valence-electron chi connectivity index (χ4n) is 1.68. The summed E-state index contributed by atoms with van der Waals surface area (Å²) in [5, 5.41) is 0.799. The summed E-state index contributed by atoms with van der Waals surface area (Å²) >= 11 is 17.8. The Morgan fingerprint density at radius 3 is 2.40 bits per heavy atom. The molecule has 2 nitrogen and oxygen atoms in total. The van der Waals surface area contributed by atoms with E-state index in [1.807, 2.05) is 0 Å². The smallest absolute Gasteiger partial charge is 0.167 e. The van der Waals surface area contributed by atoms with Crippen LogP contribution in [0.1, 0.15) is 18.5 Å². The summed E-state index contributed by atoms with van der Waals surface area (Å²) in [6, 6.07) is 7.03. The molecule has 6 heteroatoms. The zero-order valence-electron chi connectivity index (χ0n) is 10.5. The Morgan fingerprint density at radius 1 is 1.10 bits per heavy atom. The Morgan fingerprint density at radius 2 is 1.75 bits per heavy atom. The Labute approximate surface area is 131 Å². The molecule has 1 atom stereocenters. The van der Waals surface area contributed by atoms with Crippen LogP contribution in [0.5, 0.6) is 11.5 Å². The highest BCUT2D eigenvalue weighted by Gasteiger charge is 2.16. The first kappa shape index (κ1) is 15.4. The summed E-state index contributed by atoms with van der Waals surface area (Å²) in [5.74, 6) is -0.280. The van der Waals surface area contributed by atoms with Gasteiger partial charge in [-0.05, 0) is 19.1 Å². The summed E-state index contributed by atoms with van der Waals surface area (Å²) in [5.41, 5.74) is 6.34. The van der Waals surface area contributed by atoms with E-state index in [-0.39, 0.29) is 27.6 Å². The maximum Gasteiger partial charge on any atom is 0.167 e. The number of halogens is 4. The van der Waals surface area contributed by atoms with Gasteiger partial charge in [-0.15, -0.1) is 0 Å². The Kier molecular flexibility index (Phi) is 4.76. The van der Waals surface area contributed by atoms with Gasteiger partial charge in [-0.1, -0.05) is 46.9 Å². The van der Waals surface area contributed by atoms with Gasteiger partial charge in [-0.3, -0.25) is 0 Å². The van der Waals surface area contributed by atoms with Crippen LogP contribution in [0.15, 0.2) is 30.3 Å². The molecule has 0 spiro atoms. The number of nitrogens with two attached hydrogens (primary N) is 1. The second-order valence-electron chi connectivity index (χ2n) is 4.25. The van der Waals surface area contributed by atoms with Crippen molar-refractivity contribution < 1.29 is 9.13 Å². The van der Waals surface area contributed by atoms with Crippen LogP contribution in [-0.4, -0.2) is 0 Å². The molecule has 0 aliphatic carbocycles. The molecule has 2 N–H and O–H groups in total. The Hall–Kier alpha value is -1.000. The minimum Gasteiger partial charge on any atom is -0.452 e. The quantitative estimate of drug-likeness (QED) is 0.742. The van der Waals surface area contributed by atoms with Crippen LogP contribution in [0.3, 0.4) is 0 Å². The van der Waals surface area contributed by atoms with E-state index in [0.717, 1.165) is 0 Å². The van der Waals surface area contributed by atoms with Gasteiger partial charge in [0.05, 0.1) is 15.1 Å². The van der Waals surface area contributed by atoms with E-state index in [4.69, 9.17) is 45.3 Å². The molecule has 0 unspecified atom stereocenters. The second-order valence-corrected chi connectivity index (χ2v) is 5.47. The second kappa shape index (κ2) is 6.19. The molecular formula is C14H11Cl3FNO. The van der Waals surface area contributed by atoms with Gasteiger partial charge in [-0.25, -0.2) is 4.39 Å². The van der Waals surface area contributed by atoms with Crippen molar-refractivity contribution in [3.63, 3.8) is 0 Å². The zero-order chi connectivity index (χ0) is 14.9. The van der Waals surface area contributed by atoms with E-state index in [1.165, 1.54) is 18.2 Å². The van der Waals surface area contributed by atoms with Crippen molar-refractivity contribution in [3.8, 4) is 11.5 Å². The highest BCUT2D eigenvalue weighted by molar-refractivity contribution is 6.43. The van der Waals surface area contributed by atoms with Gasteiger partial charge >= 0.3 is 0 Å². The normalized spacial score (nSPS) is 12.3. The van der Waals surface area contributed by atoms with Gasteiger partial charge in [0.15, 0.2) is 11.6 Å². The van der Waals surface area contributed by atoms with Crippen LogP contribution < -0.4 is 10.5 Å². The highest BCUT2D eigenvalue weighted by atomic mass is 35.5. The predicted octanol–water partition coefficient (Wildman–Crippen LogP) is 5.60. The van der Waals surface area contributed by atoms with Crippen LogP contribution in [0.4, 0.5) is 4.39 Å². The van der Waals surface area contributed by atoms with Gasteiger partial charge in [0.25, 0.3) is 0 Å². The highest BCUT2D eigenvalue weighted by Crippen LogP contribution is 2.38. The molecule has 0 amide bonds. The van der Waals surface area contributed by atoms with Crippen molar-refractivity contribution in [1.29, 1.82) is 0 Å². The first-order chi connectivity index (χ1) is 9.40. The third kappa shape index (κ3) is 3.18. The fourth-order valence-corrected chi connectivity index (χ4v) is 2.26. The summed E-state index contributed by atoms with van der Waals surface area (Å²) in [6.45, 7) is 1.73. The van der Waals surface area contributed by atoms with Gasteiger partial charge in [-0.2, -0.15) is 0 Å². The fraction of sp³-hybridized carbons (Fsp3) is 0.143. The van der Waals surface area contributed by atoms with E-state index in [1.54, 1.807) is 19.1 Å². The summed E-state index contributed by atoms with van der Waals surface area (Å²) in [7, 11) is 0. The molecule has 2 aromatic rings. The molecule has 0 aliphatic heterocycles. The average molecular weight is 335 g/mol. The number of hydrogen-bond acceptors (Lipinski definition) is 2. The predicted molar refractivity (Wildman–Crippen MR) is 80.5 cm³/mol. The lowest BCUT2D eigenvalue weighted by atomic mass is 10.1. The average Bonchev–Trinajstić information content (AvgIpc) is 2.37. The van der Waals surface area contributed by atoms with E-state index < -0.39 is 5.82 Å². The standard InChI is InChI=1S/C14H11Cl3FNO/c1-7(19)8-3-2-4-12(18)14(8)20-13-6-10(16)9(15)5-11(13)17/h2-7H,19H2,1H3/t7-/m1/s1. The topological polar surface area (TPSA) is 35.2 Å². The maximum absolute atomic E-state index is 13.9. The molecule has 0 bridgehead atoms. The first-order valence-corrected chi connectivity index (χ1v) is 6.90. The van der Waals surface area contributed by atoms with Crippen LogP contribution in [0, 0.1) is 5.82 Å². The van der Waals surface area contributed by atoms with E-state index in [0.29, 0.717) is 10.6 Å². The molecule has 106 valence electrons. The number of hydrogen-bond donors (Lipinski definition) is 1. The Balaban J connectivity index is 2.47. The molecule has 2 rings (SSSR count). The third-order valence-corrected chi connectivity index (χ3v) is 3.69. The minimum absolute atomic E-state index is 0.0304. The van der Waals surface area contributed by atoms with Crippen molar-refractivity contribution in [3.05, 3.63) is 56.8 Å². The van der Waals surface area contributed by atoms with Gasteiger partial charge < -0.3 is 10.5 Å². The molecule has 0 heterocycles. The van der Waals surface area contributed by atoms with Crippen LogP contribution in [0.25, 0.3) is 0 Å². The van der Waals surface area contributed by atoms with Gasteiger partial charge in [0.1, 0.15) is 5.75 Å². The molecule has 0 saturated carbocycles. The number of ether oxygens (including phenoxy) is 1. The molecule has 20 heavy (non-hydrogen) atoms. The van der Waals surface area contributed by atoms with Crippen molar-refractivity contribution in [2.24, 2.45) is 5.73 Å². The van der Waals surface area contributed by atoms with Gasteiger partial charge in [0.2, 0.25) is 0 Å². The lowest BCUT2D eigenvalue weighted by Crippen LogP contribution is -2.07. The molecule has 0 saturated heterocycles. The summed E-state index contributed by atoms with van der Waals surface area (Å²) in [4.78, 5) is 0. The van der Waals surface area contributed by atoms with Crippen molar-refractivity contribution >= 4 is 34.8 Å². The van der Waals surface area contributed by atoms with E-state index >= 15 is 0 Å². The largest absolute Gasteiger partial charge is 0.452 e. The maximum atomic E-state index is 13.9. The third-order valence-electron chi connectivity index (χ3n) is 2.67. The lowest BCUT2D eigenvalue weighted by Gasteiger charge is -2.15. The lowest BCUT2D eigenvalue weighted by molar-refractivity contribution is 0.433. The molecule has 0 aliphatic rings. The number of para-hydroxylation sites is 1. The summed E-state index contributed by atoms with van der Waals surface area (Å²) < 4.78 is 19.5. The first-order valence-electron chi connectivity index (χ1n) is 5.76. The SMILES string of the molecule is C[C@@H](N)c1cccc(F)c1Oc1cc(Cl)c(Cl)cc1Cl. The molecular weight excluding hydrogens is 324 g/mol. The van der Waals surface area contributed by atoms with Gasteiger partial charge in [0, 0.05) is 17.7 Å². The summed E-state index contributed by atoms with van der Waals surface area (Å²) in [6.07, 6.45) is 0.